The Bertz CT molecular complexity index is 975. The largest absolute Gasteiger partial charge is 0.497 e. The summed E-state index contributed by atoms with van der Waals surface area (Å²) in [7, 11) is 3.16. The Labute approximate surface area is 182 Å². The maximum Gasteiger partial charge on any atom is 0.261 e. The van der Waals surface area contributed by atoms with Crippen LogP contribution in [0.25, 0.3) is 0 Å². The third-order valence-electron chi connectivity index (χ3n) is 4.86. The second kappa shape index (κ2) is 10.8. The molecule has 0 aliphatic carbocycles. The molecule has 2 amide bonds. The summed E-state index contributed by atoms with van der Waals surface area (Å²) < 4.78 is 10.9. The third kappa shape index (κ3) is 5.85. The van der Waals surface area contributed by atoms with E-state index in [2.05, 4.69) is 5.32 Å². The third-order valence-corrected chi connectivity index (χ3v) is 4.86. The monoisotopic (exact) mass is 418 g/mol. The molecule has 160 valence electrons. The molecular weight excluding hydrogens is 392 g/mol. The van der Waals surface area contributed by atoms with Gasteiger partial charge in [-0.15, -0.1) is 0 Å². The quantitative estimate of drug-likeness (QED) is 0.577. The molecule has 0 bridgehead atoms. The number of methoxy groups -OCH3 is 1. The molecule has 0 heterocycles. The van der Waals surface area contributed by atoms with Crippen LogP contribution >= 0.6 is 0 Å². The van der Waals surface area contributed by atoms with Crippen molar-refractivity contribution >= 4 is 11.8 Å². The standard InChI is InChI=1S/C25H26N2O4/c1-26-25(29)24(20-9-5-3-6-10-20)27(17-19-13-15-21(30-2)16-14-19)23(28)18-31-22-11-7-4-8-12-22/h3-16,24H,17-18H2,1-2H3,(H,26,29). The van der Waals surface area contributed by atoms with Crippen molar-refractivity contribution in [2.24, 2.45) is 0 Å². The Morgan fingerprint density at radius 1 is 0.871 bits per heavy atom. The molecule has 0 fully saturated rings. The first-order valence-corrected chi connectivity index (χ1v) is 9.99. The van der Waals surface area contributed by atoms with Gasteiger partial charge in [0.2, 0.25) is 5.91 Å². The van der Waals surface area contributed by atoms with Gasteiger partial charge in [-0.05, 0) is 35.4 Å². The maximum atomic E-state index is 13.3. The molecule has 1 unspecified atom stereocenters. The van der Waals surface area contributed by atoms with E-state index in [1.807, 2.05) is 72.8 Å². The van der Waals surface area contributed by atoms with Crippen LogP contribution < -0.4 is 14.8 Å². The zero-order chi connectivity index (χ0) is 22.1. The topological polar surface area (TPSA) is 67.9 Å². The molecule has 3 aromatic rings. The molecule has 6 heteroatoms. The van der Waals surface area contributed by atoms with Gasteiger partial charge in [0, 0.05) is 13.6 Å². The number of hydrogen-bond acceptors (Lipinski definition) is 4. The van der Waals surface area contributed by atoms with Gasteiger partial charge in [0.25, 0.3) is 5.91 Å². The van der Waals surface area contributed by atoms with Crippen LogP contribution in [0, 0.1) is 0 Å². The number of hydrogen-bond donors (Lipinski definition) is 1. The van der Waals surface area contributed by atoms with Gasteiger partial charge in [0.05, 0.1) is 7.11 Å². The molecule has 0 radical (unpaired) electrons. The fraction of sp³-hybridized carbons (Fsp3) is 0.200. The number of amides is 2. The van der Waals surface area contributed by atoms with Gasteiger partial charge >= 0.3 is 0 Å². The van der Waals surface area contributed by atoms with E-state index in [0.717, 1.165) is 16.9 Å². The van der Waals surface area contributed by atoms with Crippen molar-refractivity contribution in [1.82, 2.24) is 10.2 Å². The fourth-order valence-corrected chi connectivity index (χ4v) is 3.24. The minimum Gasteiger partial charge on any atom is -0.497 e. The summed E-state index contributed by atoms with van der Waals surface area (Å²) >= 11 is 0. The van der Waals surface area contributed by atoms with Crippen molar-refractivity contribution in [2.75, 3.05) is 20.8 Å². The lowest BCUT2D eigenvalue weighted by Crippen LogP contribution is -2.44. The molecule has 0 saturated carbocycles. The van der Waals surface area contributed by atoms with Gasteiger partial charge in [0.15, 0.2) is 6.61 Å². The zero-order valence-electron chi connectivity index (χ0n) is 17.7. The van der Waals surface area contributed by atoms with Gasteiger partial charge < -0.3 is 19.7 Å². The highest BCUT2D eigenvalue weighted by molar-refractivity contribution is 5.89. The number of rotatable bonds is 9. The number of carbonyl (C=O) groups is 2. The first-order chi connectivity index (χ1) is 15.1. The summed E-state index contributed by atoms with van der Waals surface area (Å²) in [5.41, 5.74) is 1.60. The van der Waals surface area contributed by atoms with Crippen molar-refractivity contribution in [3.63, 3.8) is 0 Å². The predicted molar refractivity (Wildman–Crippen MR) is 119 cm³/mol. The van der Waals surface area contributed by atoms with Crippen LogP contribution in [-0.2, 0) is 16.1 Å². The van der Waals surface area contributed by atoms with E-state index in [0.29, 0.717) is 5.75 Å². The van der Waals surface area contributed by atoms with E-state index >= 15 is 0 Å². The lowest BCUT2D eigenvalue weighted by Gasteiger charge is -2.31. The summed E-state index contributed by atoms with van der Waals surface area (Å²) in [5.74, 6) is 0.751. The molecule has 1 N–H and O–H groups in total. The number of nitrogens with one attached hydrogen (secondary N) is 1. The molecule has 3 rings (SSSR count). The van der Waals surface area contributed by atoms with Gasteiger partial charge in [-0.1, -0.05) is 60.7 Å². The number of benzene rings is 3. The van der Waals surface area contributed by atoms with Gasteiger partial charge in [-0.2, -0.15) is 0 Å². The van der Waals surface area contributed by atoms with E-state index in [1.54, 1.807) is 31.2 Å². The Hall–Kier alpha value is -3.80. The van der Waals surface area contributed by atoms with Crippen LogP contribution in [0.4, 0.5) is 0 Å². The van der Waals surface area contributed by atoms with E-state index < -0.39 is 6.04 Å². The smallest absolute Gasteiger partial charge is 0.261 e. The molecule has 0 aromatic heterocycles. The molecule has 3 aromatic carbocycles. The highest BCUT2D eigenvalue weighted by Crippen LogP contribution is 2.25. The van der Waals surface area contributed by atoms with Gasteiger partial charge in [-0.3, -0.25) is 9.59 Å². The first-order valence-electron chi connectivity index (χ1n) is 9.99. The molecule has 0 aliphatic rings. The number of ether oxygens (including phenoxy) is 2. The lowest BCUT2D eigenvalue weighted by atomic mass is 10.0. The Kier molecular flexibility index (Phi) is 7.65. The van der Waals surface area contributed by atoms with Crippen molar-refractivity contribution < 1.29 is 19.1 Å². The SMILES string of the molecule is CNC(=O)C(c1ccccc1)N(Cc1ccc(OC)cc1)C(=O)COc1ccccc1. The van der Waals surface area contributed by atoms with Crippen LogP contribution in [0.2, 0.25) is 0 Å². The molecule has 6 nitrogen and oxygen atoms in total. The fourth-order valence-electron chi connectivity index (χ4n) is 3.24. The predicted octanol–water partition coefficient (Wildman–Crippen LogP) is 3.59. The molecule has 0 aliphatic heterocycles. The average molecular weight is 418 g/mol. The molecule has 0 saturated heterocycles. The minimum atomic E-state index is -0.792. The lowest BCUT2D eigenvalue weighted by molar-refractivity contribution is -0.143. The summed E-state index contributed by atoms with van der Waals surface area (Å²) in [4.78, 5) is 27.7. The molecular formula is C25H26N2O4. The van der Waals surface area contributed by atoms with Crippen LogP contribution in [0.1, 0.15) is 17.2 Å². The summed E-state index contributed by atoms with van der Waals surface area (Å²) in [6, 6.07) is 25.0. The van der Waals surface area contributed by atoms with Crippen LogP contribution in [-0.4, -0.2) is 37.5 Å². The van der Waals surface area contributed by atoms with Crippen LogP contribution in [0.5, 0.6) is 11.5 Å². The van der Waals surface area contributed by atoms with E-state index in [9.17, 15) is 9.59 Å². The minimum absolute atomic E-state index is 0.180. The Morgan fingerprint density at radius 2 is 1.48 bits per heavy atom. The summed E-state index contributed by atoms with van der Waals surface area (Å²) in [6.45, 7) is 0.0639. The molecule has 0 spiro atoms. The van der Waals surface area contributed by atoms with Crippen molar-refractivity contribution in [3.8, 4) is 11.5 Å². The second-order valence-electron chi connectivity index (χ2n) is 6.90. The summed E-state index contributed by atoms with van der Waals surface area (Å²) in [6.07, 6.45) is 0. The Balaban J connectivity index is 1.90. The highest BCUT2D eigenvalue weighted by Gasteiger charge is 2.31. The van der Waals surface area contributed by atoms with E-state index in [-0.39, 0.29) is 25.0 Å². The second-order valence-corrected chi connectivity index (χ2v) is 6.90. The van der Waals surface area contributed by atoms with Crippen molar-refractivity contribution in [1.29, 1.82) is 0 Å². The number of para-hydroxylation sites is 1. The summed E-state index contributed by atoms with van der Waals surface area (Å²) in [5, 5.41) is 2.68. The Morgan fingerprint density at radius 3 is 2.06 bits per heavy atom. The normalized spacial score (nSPS) is 11.3. The van der Waals surface area contributed by atoms with Gasteiger partial charge in [0.1, 0.15) is 17.5 Å². The molecule has 31 heavy (non-hydrogen) atoms. The van der Waals surface area contributed by atoms with Crippen LogP contribution in [0.3, 0.4) is 0 Å². The number of likely N-dealkylation sites (N-methyl/N-ethyl adjacent to an activating group) is 1. The van der Waals surface area contributed by atoms with Crippen LogP contribution in [0.15, 0.2) is 84.9 Å². The zero-order valence-corrected chi connectivity index (χ0v) is 17.7. The highest BCUT2D eigenvalue weighted by atomic mass is 16.5. The average Bonchev–Trinajstić information content (AvgIpc) is 2.83. The van der Waals surface area contributed by atoms with Crippen molar-refractivity contribution in [3.05, 3.63) is 96.1 Å². The first kappa shape index (κ1) is 21.9. The number of nitrogens with zero attached hydrogens (tertiary/aromatic N) is 1. The van der Waals surface area contributed by atoms with E-state index in [1.165, 1.54) is 0 Å². The molecule has 1 atom stereocenters. The van der Waals surface area contributed by atoms with Crippen molar-refractivity contribution in [2.45, 2.75) is 12.6 Å². The number of carbonyl (C=O) groups excluding carboxylic acids is 2. The van der Waals surface area contributed by atoms with Gasteiger partial charge in [-0.25, -0.2) is 0 Å². The van der Waals surface area contributed by atoms with E-state index in [4.69, 9.17) is 9.47 Å². The maximum absolute atomic E-state index is 13.3.